The molecule has 1 aromatic heterocycles. The minimum Gasteiger partial charge on any atom is -0.391 e. The Bertz CT molecular complexity index is 523. The first-order valence-electron chi connectivity index (χ1n) is 6.79. The van der Waals surface area contributed by atoms with Gasteiger partial charge in [-0.15, -0.1) is 0 Å². The van der Waals surface area contributed by atoms with Crippen molar-refractivity contribution < 1.29 is 9.90 Å². The predicted molar refractivity (Wildman–Crippen MR) is 78.3 cm³/mol. The highest BCUT2D eigenvalue weighted by Crippen LogP contribution is 2.06. The van der Waals surface area contributed by atoms with Crippen molar-refractivity contribution >= 4 is 5.91 Å². The first kappa shape index (κ1) is 14.3. The molecule has 2 N–H and O–H groups in total. The fraction of sp³-hybridized carbons (Fsp3) is 0.312. The van der Waals surface area contributed by atoms with Crippen LogP contribution in [-0.4, -0.2) is 28.2 Å². The predicted octanol–water partition coefficient (Wildman–Crippen LogP) is 1.77. The molecule has 106 valence electrons. The lowest BCUT2D eigenvalue weighted by Gasteiger charge is -2.16. The van der Waals surface area contributed by atoms with E-state index < -0.39 is 6.10 Å². The number of aliphatic hydroxyl groups excluding tert-OH is 1. The largest absolute Gasteiger partial charge is 0.391 e. The van der Waals surface area contributed by atoms with Crippen molar-refractivity contribution in [3.63, 3.8) is 0 Å². The van der Waals surface area contributed by atoms with Gasteiger partial charge in [0, 0.05) is 25.4 Å². The third-order valence-electron chi connectivity index (χ3n) is 3.28. The van der Waals surface area contributed by atoms with Crippen molar-refractivity contribution in [2.75, 3.05) is 6.54 Å². The van der Waals surface area contributed by atoms with Crippen LogP contribution in [0.2, 0.25) is 0 Å². The molecule has 4 heteroatoms. The van der Waals surface area contributed by atoms with Crippen LogP contribution in [0.15, 0.2) is 54.9 Å². The Hall–Kier alpha value is -2.07. The minimum absolute atomic E-state index is 0.0895. The van der Waals surface area contributed by atoms with Crippen LogP contribution in [0, 0.1) is 0 Å². The molecule has 0 aliphatic rings. The maximum atomic E-state index is 12.0. The zero-order valence-corrected chi connectivity index (χ0v) is 11.6. The molecule has 0 saturated carbocycles. The van der Waals surface area contributed by atoms with Crippen LogP contribution in [0.1, 0.15) is 18.5 Å². The third kappa shape index (κ3) is 3.96. The average molecular weight is 272 g/mol. The Kier molecular flexibility index (Phi) is 4.96. The lowest BCUT2D eigenvalue weighted by molar-refractivity contribution is -0.124. The van der Waals surface area contributed by atoms with Gasteiger partial charge in [0.15, 0.2) is 0 Å². The molecule has 0 bridgehead atoms. The second kappa shape index (κ2) is 6.91. The second-order valence-corrected chi connectivity index (χ2v) is 4.89. The summed E-state index contributed by atoms with van der Waals surface area (Å²) in [5, 5.41) is 12.7. The van der Waals surface area contributed by atoms with Crippen molar-refractivity contribution in [1.29, 1.82) is 0 Å². The summed E-state index contributed by atoms with van der Waals surface area (Å²) in [6, 6.07) is 13.2. The molecular formula is C16H20N2O2. The van der Waals surface area contributed by atoms with Crippen molar-refractivity contribution in [1.82, 2.24) is 9.88 Å². The summed E-state index contributed by atoms with van der Waals surface area (Å²) >= 11 is 0. The van der Waals surface area contributed by atoms with E-state index in [0.717, 1.165) is 5.56 Å². The number of nitrogens with one attached hydrogen (secondary N) is 1. The number of hydrogen-bond acceptors (Lipinski definition) is 2. The Labute approximate surface area is 119 Å². The number of amides is 1. The standard InChI is InChI=1S/C16H20N2O2/c1-13(18-9-5-6-10-18)16(20)17-12-15(19)11-14-7-3-2-4-8-14/h2-10,13,15,19H,11-12H2,1H3,(H,17,20). The zero-order valence-electron chi connectivity index (χ0n) is 11.6. The normalized spacial score (nSPS) is 13.7. The fourth-order valence-electron chi connectivity index (χ4n) is 2.07. The summed E-state index contributed by atoms with van der Waals surface area (Å²) in [6.45, 7) is 2.10. The summed E-state index contributed by atoms with van der Waals surface area (Å²) in [4.78, 5) is 12.0. The highest BCUT2D eigenvalue weighted by atomic mass is 16.3. The van der Waals surface area contributed by atoms with Gasteiger partial charge < -0.3 is 15.0 Å². The number of aliphatic hydroxyl groups is 1. The van der Waals surface area contributed by atoms with E-state index in [1.807, 2.05) is 66.3 Å². The first-order valence-corrected chi connectivity index (χ1v) is 6.79. The van der Waals surface area contributed by atoms with E-state index in [2.05, 4.69) is 5.32 Å². The van der Waals surface area contributed by atoms with E-state index >= 15 is 0 Å². The Morgan fingerprint density at radius 1 is 1.20 bits per heavy atom. The van der Waals surface area contributed by atoms with E-state index in [-0.39, 0.29) is 18.5 Å². The van der Waals surface area contributed by atoms with Gasteiger partial charge in [0.1, 0.15) is 6.04 Å². The molecule has 2 unspecified atom stereocenters. The van der Waals surface area contributed by atoms with Crippen molar-refractivity contribution in [2.24, 2.45) is 0 Å². The lowest BCUT2D eigenvalue weighted by Crippen LogP contribution is -2.37. The Balaban J connectivity index is 1.78. The van der Waals surface area contributed by atoms with Gasteiger partial charge in [-0.1, -0.05) is 30.3 Å². The second-order valence-electron chi connectivity index (χ2n) is 4.89. The molecule has 1 aromatic carbocycles. The first-order chi connectivity index (χ1) is 9.66. The topological polar surface area (TPSA) is 54.3 Å². The summed E-state index contributed by atoms with van der Waals surface area (Å²) in [6.07, 6.45) is 3.67. The van der Waals surface area contributed by atoms with Crippen LogP contribution in [-0.2, 0) is 11.2 Å². The Morgan fingerprint density at radius 2 is 1.85 bits per heavy atom. The fourth-order valence-corrected chi connectivity index (χ4v) is 2.07. The van der Waals surface area contributed by atoms with Gasteiger partial charge in [-0.2, -0.15) is 0 Å². The molecule has 1 heterocycles. The number of nitrogens with zero attached hydrogens (tertiary/aromatic N) is 1. The van der Waals surface area contributed by atoms with Gasteiger partial charge >= 0.3 is 0 Å². The quantitative estimate of drug-likeness (QED) is 0.842. The molecule has 2 aromatic rings. The van der Waals surface area contributed by atoms with Crippen LogP contribution < -0.4 is 5.32 Å². The monoisotopic (exact) mass is 272 g/mol. The van der Waals surface area contributed by atoms with Crippen LogP contribution in [0.25, 0.3) is 0 Å². The van der Waals surface area contributed by atoms with Crippen molar-refractivity contribution in [2.45, 2.75) is 25.5 Å². The molecule has 4 nitrogen and oxygen atoms in total. The molecule has 0 fully saturated rings. The Morgan fingerprint density at radius 3 is 2.50 bits per heavy atom. The number of carbonyl (C=O) groups is 1. The van der Waals surface area contributed by atoms with Crippen molar-refractivity contribution in [3.05, 3.63) is 60.4 Å². The van der Waals surface area contributed by atoms with Gasteiger partial charge in [0.25, 0.3) is 0 Å². The van der Waals surface area contributed by atoms with Gasteiger partial charge in [0.2, 0.25) is 5.91 Å². The molecule has 0 aliphatic carbocycles. The summed E-state index contributed by atoms with van der Waals surface area (Å²) < 4.78 is 1.83. The molecule has 1 amide bonds. The molecule has 0 radical (unpaired) electrons. The third-order valence-corrected chi connectivity index (χ3v) is 3.28. The van der Waals surface area contributed by atoms with E-state index in [1.54, 1.807) is 0 Å². The molecular weight excluding hydrogens is 252 g/mol. The molecule has 2 atom stereocenters. The zero-order chi connectivity index (χ0) is 14.4. The van der Waals surface area contributed by atoms with Crippen LogP contribution in [0.3, 0.4) is 0 Å². The molecule has 0 aliphatic heterocycles. The molecule has 20 heavy (non-hydrogen) atoms. The van der Waals surface area contributed by atoms with Crippen LogP contribution in [0.5, 0.6) is 0 Å². The van der Waals surface area contributed by atoms with Gasteiger partial charge in [-0.3, -0.25) is 4.79 Å². The average Bonchev–Trinajstić information content (AvgIpc) is 2.99. The van der Waals surface area contributed by atoms with E-state index in [4.69, 9.17) is 0 Å². The SMILES string of the molecule is CC(C(=O)NCC(O)Cc1ccccc1)n1cccc1. The van der Waals surface area contributed by atoms with Gasteiger partial charge in [-0.25, -0.2) is 0 Å². The van der Waals surface area contributed by atoms with E-state index in [0.29, 0.717) is 6.42 Å². The molecule has 2 rings (SSSR count). The number of rotatable bonds is 6. The summed E-state index contributed by atoms with van der Waals surface area (Å²) in [5.41, 5.74) is 1.06. The van der Waals surface area contributed by atoms with E-state index in [9.17, 15) is 9.90 Å². The number of benzene rings is 1. The smallest absolute Gasteiger partial charge is 0.242 e. The highest BCUT2D eigenvalue weighted by molar-refractivity contribution is 5.79. The van der Waals surface area contributed by atoms with Crippen LogP contribution in [0.4, 0.5) is 0 Å². The van der Waals surface area contributed by atoms with Gasteiger partial charge in [-0.05, 0) is 24.6 Å². The number of hydrogen-bond donors (Lipinski definition) is 2. The summed E-state index contributed by atoms with van der Waals surface area (Å²) in [7, 11) is 0. The van der Waals surface area contributed by atoms with Crippen molar-refractivity contribution in [3.8, 4) is 0 Å². The minimum atomic E-state index is -0.571. The number of aromatic nitrogens is 1. The van der Waals surface area contributed by atoms with E-state index in [1.165, 1.54) is 0 Å². The highest BCUT2D eigenvalue weighted by Gasteiger charge is 2.15. The summed E-state index contributed by atoms with van der Waals surface area (Å²) in [5.74, 6) is -0.0895. The van der Waals surface area contributed by atoms with Gasteiger partial charge in [0.05, 0.1) is 6.10 Å². The molecule has 0 spiro atoms. The van der Waals surface area contributed by atoms with Crippen LogP contribution >= 0.6 is 0 Å². The number of carbonyl (C=O) groups excluding carboxylic acids is 1. The maximum absolute atomic E-state index is 12.0. The lowest BCUT2D eigenvalue weighted by atomic mass is 10.1. The maximum Gasteiger partial charge on any atom is 0.242 e. The molecule has 0 saturated heterocycles.